The quantitative estimate of drug-likeness (QED) is 0.0399. The summed E-state index contributed by atoms with van der Waals surface area (Å²) in [5.41, 5.74) is 5.51. The fraction of sp³-hybridized carbons (Fsp3) is 0.929. The van der Waals surface area contributed by atoms with Gasteiger partial charge in [-0.05, 0) is 25.8 Å². The van der Waals surface area contributed by atoms with Crippen LogP contribution in [0.25, 0.3) is 0 Å². The van der Waals surface area contributed by atoms with Crippen molar-refractivity contribution < 1.29 is 143 Å². The van der Waals surface area contributed by atoms with Gasteiger partial charge in [0, 0.05) is 26.9 Å². The number of aliphatic carboxylic acids is 1. The average Bonchev–Trinajstić information content (AvgIpc) is 3.36. The number of carbonyl (C=O) groups excluding carboxylic acids is 3. The summed E-state index contributed by atoms with van der Waals surface area (Å²) in [6.07, 6.45) is -44.4. The van der Waals surface area contributed by atoms with Gasteiger partial charge in [0.25, 0.3) is 0 Å². The Morgan fingerprint density at radius 2 is 1.09 bits per heavy atom. The largest absolute Gasteiger partial charge is 0.544 e. The minimum Gasteiger partial charge on any atom is -0.544 e. The zero-order valence-corrected chi connectivity index (χ0v) is 40.2. The van der Waals surface area contributed by atoms with Gasteiger partial charge in [0.15, 0.2) is 25.2 Å². The van der Waals surface area contributed by atoms with E-state index >= 15 is 0 Å². The van der Waals surface area contributed by atoms with Crippen LogP contribution in [0.4, 0.5) is 0 Å². The van der Waals surface area contributed by atoms with E-state index in [0.29, 0.717) is 25.8 Å². The molecule has 5 aliphatic rings. The fourth-order valence-electron chi connectivity index (χ4n) is 9.28. The summed E-state index contributed by atoms with van der Waals surface area (Å²) in [7, 11) is 0. The van der Waals surface area contributed by atoms with Crippen molar-refractivity contribution in [3.8, 4) is 0 Å². The average molecular weight is 1080 g/mol. The molecule has 32 nitrogen and oxygen atoms in total. The highest BCUT2D eigenvalue weighted by molar-refractivity contribution is 5.75. The molecule has 0 unspecified atom stereocenters. The number of carbonyl (C=O) groups is 3. The summed E-state index contributed by atoms with van der Waals surface area (Å²) in [5, 5.41) is 180. The number of carboxylic acids is 1. The molecular weight excluding hydrogens is 1010 g/mol. The van der Waals surface area contributed by atoms with Crippen LogP contribution in [0, 0.1) is 0 Å². The zero-order valence-electron chi connectivity index (χ0n) is 40.2. The predicted molar refractivity (Wildman–Crippen MR) is 231 cm³/mol. The van der Waals surface area contributed by atoms with E-state index in [0.717, 1.165) is 13.8 Å². The van der Waals surface area contributed by atoms with Crippen molar-refractivity contribution in [2.75, 3.05) is 46.2 Å². The molecule has 19 N–H and O–H groups in total. The third-order valence-corrected chi connectivity index (χ3v) is 13.2. The Bertz CT molecular complexity index is 1760. The number of unbranched alkanes of at least 4 members (excludes halogenated alkanes) is 2. The summed E-state index contributed by atoms with van der Waals surface area (Å²) < 4.78 is 57.1. The lowest BCUT2D eigenvalue weighted by molar-refractivity contribution is -0.411. The molecule has 74 heavy (non-hydrogen) atoms. The molecule has 5 saturated heterocycles. The number of aliphatic hydroxyl groups excluding tert-OH is 15. The molecule has 0 spiro atoms. The Kier molecular flexibility index (Phi) is 23.4. The number of hydrogen-bond acceptors (Lipinski definition) is 30. The van der Waals surface area contributed by atoms with E-state index < -0.39 is 216 Å². The first kappa shape index (κ1) is 62.2. The van der Waals surface area contributed by atoms with Gasteiger partial charge < -0.3 is 150 Å². The standard InChI is InChI=1S/C42H73N3O29/c1-14(51)44-22-16(53)8-42(41(63)64,73-34(22)24(55)17(54)9-46)74-36-26(57)19(11-48)67-40(31(36)62)70-32-20(12-49)68-37(23(27(32)58)45-15(2)52)72-35-25(56)18(10-47)66-39(30(35)61)71-33-21(13-50)69-38(29(60)28(33)59)65-7-5-3-4-6-43/h16-40,46-50,53-62H,3-13,43H2,1-2H3,(H,44,51)(H,45,52)(H,63,64)/p-1/t16-,17+,18+,19+,20+,21+,22+,23+,24+,25-,26-,27+,28+,29+,30+,31+,32+,33+,34+,35-,36-,37-,38+,39-,40-,42-/m0/s1. The second-order valence-corrected chi connectivity index (χ2v) is 18.5. The fourth-order valence-corrected chi connectivity index (χ4v) is 9.28. The Morgan fingerprint density at radius 3 is 1.61 bits per heavy atom. The molecule has 5 rings (SSSR count). The molecule has 430 valence electrons. The SMILES string of the molecule is CC(=O)N[C@H]1[C@H](O[C@H]2[C@@H](O)[C@@H](CO)O[C@@H](O[C@H]3[C@H](O)[C@@H](O)[C@H](OCCCCCN)O[C@@H]3CO)[C@@H]2O)O[C@H](CO)[C@@H](O[C@@H]2O[C@H](CO)[C@H](O)[C@H](O[C@]3(C(=O)[O-])C[C@H](O)[C@@H](NC(C)=O)[C@H]([C@H](O)[C@H](O)CO)O3)[C@H]2O)[C@@H]1O. The van der Waals surface area contributed by atoms with Gasteiger partial charge in [-0.2, -0.15) is 0 Å². The van der Waals surface area contributed by atoms with Crippen molar-refractivity contribution in [2.45, 2.75) is 199 Å². The van der Waals surface area contributed by atoms with Crippen molar-refractivity contribution in [1.82, 2.24) is 10.6 Å². The lowest BCUT2D eigenvalue weighted by atomic mass is 9.88. The summed E-state index contributed by atoms with van der Waals surface area (Å²) in [6.45, 7) is -2.63. The van der Waals surface area contributed by atoms with Gasteiger partial charge in [0.1, 0.15) is 122 Å². The Balaban J connectivity index is 1.37. The van der Waals surface area contributed by atoms with Gasteiger partial charge in [0.2, 0.25) is 17.6 Å². The van der Waals surface area contributed by atoms with Gasteiger partial charge in [-0.3, -0.25) is 9.59 Å². The highest BCUT2D eigenvalue weighted by atomic mass is 16.8. The first-order valence-electron chi connectivity index (χ1n) is 23.9. The van der Waals surface area contributed by atoms with E-state index in [1.165, 1.54) is 0 Å². The maximum Gasteiger partial charge on any atom is 0.217 e. The van der Waals surface area contributed by atoms with Gasteiger partial charge in [0.05, 0.1) is 45.2 Å². The number of aliphatic hydroxyl groups is 15. The number of ether oxygens (including phenoxy) is 10. The van der Waals surface area contributed by atoms with Crippen LogP contribution >= 0.6 is 0 Å². The number of nitrogens with two attached hydrogens (primary N) is 1. The van der Waals surface area contributed by atoms with Crippen LogP contribution in [0.2, 0.25) is 0 Å². The third kappa shape index (κ3) is 14.2. The minimum absolute atomic E-state index is 0.0908. The monoisotopic (exact) mass is 1080 g/mol. The minimum atomic E-state index is -3.28. The van der Waals surface area contributed by atoms with Crippen LogP contribution < -0.4 is 21.5 Å². The van der Waals surface area contributed by atoms with Crippen molar-refractivity contribution in [1.29, 1.82) is 0 Å². The van der Waals surface area contributed by atoms with E-state index in [-0.39, 0.29) is 6.61 Å². The second kappa shape index (κ2) is 27.8. The highest BCUT2D eigenvalue weighted by Crippen LogP contribution is 2.39. The van der Waals surface area contributed by atoms with E-state index in [1.54, 1.807) is 0 Å². The van der Waals surface area contributed by atoms with Gasteiger partial charge >= 0.3 is 0 Å². The summed E-state index contributed by atoms with van der Waals surface area (Å²) >= 11 is 0. The van der Waals surface area contributed by atoms with E-state index in [1.807, 2.05) is 0 Å². The smallest absolute Gasteiger partial charge is 0.217 e. The summed E-state index contributed by atoms with van der Waals surface area (Å²) in [6, 6.07) is -3.50. The molecule has 0 radical (unpaired) electrons. The van der Waals surface area contributed by atoms with Crippen molar-refractivity contribution >= 4 is 17.8 Å². The van der Waals surface area contributed by atoms with E-state index in [2.05, 4.69) is 10.6 Å². The molecule has 5 fully saturated rings. The normalized spacial score (nSPS) is 43.8. The predicted octanol–water partition coefficient (Wildman–Crippen LogP) is -12.6. The molecule has 2 amide bonds. The Morgan fingerprint density at radius 1 is 0.608 bits per heavy atom. The topological polar surface area (TPSA) is 520 Å². The second-order valence-electron chi connectivity index (χ2n) is 18.5. The van der Waals surface area contributed by atoms with Crippen LogP contribution in [-0.2, 0) is 61.8 Å². The zero-order chi connectivity index (χ0) is 54.9. The lowest BCUT2D eigenvalue weighted by Crippen LogP contribution is -2.72. The molecule has 5 heterocycles. The summed E-state index contributed by atoms with van der Waals surface area (Å²) in [5.74, 6) is -7.29. The Labute approximate surface area is 421 Å². The molecule has 0 aliphatic carbocycles. The number of rotatable bonds is 24. The molecule has 0 aromatic rings. The van der Waals surface area contributed by atoms with Crippen molar-refractivity contribution in [3.63, 3.8) is 0 Å². The highest BCUT2D eigenvalue weighted by Gasteiger charge is 2.59. The molecule has 0 bridgehead atoms. The molecule has 0 saturated carbocycles. The van der Waals surface area contributed by atoms with Crippen LogP contribution in [-0.4, -0.2) is 300 Å². The van der Waals surface area contributed by atoms with Gasteiger partial charge in [-0.1, -0.05) is 0 Å². The Hall–Kier alpha value is -2.63. The van der Waals surface area contributed by atoms with Crippen LogP contribution in [0.3, 0.4) is 0 Å². The van der Waals surface area contributed by atoms with Gasteiger partial charge in [-0.15, -0.1) is 0 Å². The number of carboxylic acid groups (broad SMARTS) is 1. The summed E-state index contributed by atoms with van der Waals surface area (Å²) in [4.78, 5) is 37.5. The van der Waals surface area contributed by atoms with Crippen LogP contribution in [0.1, 0.15) is 39.5 Å². The number of amides is 2. The van der Waals surface area contributed by atoms with E-state index in [9.17, 15) is 96.1 Å². The molecular formula is C42H72N3O29-. The molecule has 5 aliphatic heterocycles. The molecule has 26 atom stereocenters. The van der Waals surface area contributed by atoms with Crippen LogP contribution in [0.15, 0.2) is 0 Å². The maximum absolute atomic E-state index is 12.9. The molecule has 32 heteroatoms. The maximum atomic E-state index is 12.9. The third-order valence-electron chi connectivity index (χ3n) is 13.2. The number of hydrogen-bond donors (Lipinski definition) is 18. The van der Waals surface area contributed by atoms with Gasteiger partial charge in [-0.25, -0.2) is 0 Å². The molecule has 0 aromatic carbocycles. The first-order valence-corrected chi connectivity index (χ1v) is 23.9. The molecule has 0 aromatic heterocycles. The van der Waals surface area contributed by atoms with E-state index in [4.69, 9.17) is 53.1 Å². The van der Waals surface area contributed by atoms with Crippen LogP contribution in [0.5, 0.6) is 0 Å². The van der Waals surface area contributed by atoms with Crippen molar-refractivity contribution in [2.24, 2.45) is 5.73 Å². The first-order chi connectivity index (χ1) is 35.0. The lowest BCUT2D eigenvalue weighted by Gasteiger charge is -2.52. The number of nitrogens with one attached hydrogen (secondary N) is 2. The van der Waals surface area contributed by atoms with Crippen molar-refractivity contribution in [3.05, 3.63) is 0 Å².